The van der Waals surface area contributed by atoms with Gasteiger partial charge in [0.25, 0.3) is 0 Å². The second-order valence-electron chi connectivity index (χ2n) is 3.88. The van der Waals surface area contributed by atoms with Crippen LogP contribution in [0.2, 0.25) is 13.1 Å². The lowest BCUT2D eigenvalue weighted by molar-refractivity contribution is 0.981. The highest BCUT2D eigenvalue weighted by atomic mass is 28.3. The Morgan fingerprint density at radius 2 is 1.67 bits per heavy atom. The van der Waals surface area contributed by atoms with Gasteiger partial charge in [-0.2, -0.15) is 0 Å². The van der Waals surface area contributed by atoms with Gasteiger partial charge in [0.05, 0.1) is 8.07 Å². The SMILES string of the molecule is C[C@H](N)[Si](C)(C)c1ccccc1. The number of nitrogens with two attached hydrogens (primary N) is 1. The highest BCUT2D eigenvalue weighted by Gasteiger charge is 2.27. The molecule has 0 radical (unpaired) electrons. The van der Waals surface area contributed by atoms with Gasteiger partial charge in [-0.05, 0) is 5.67 Å². The smallest absolute Gasteiger partial charge is 0.0977 e. The van der Waals surface area contributed by atoms with E-state index in [0.717, 1.165) is 0 Å². The molecule has 0 aromatic heterocycles. The standard InChI is InChI=1S/C10H17NSi/c1-9(11)12(2,3)10-7-5-4-6-8-10/h4-9H,11H2,1-3H3/t9-/m1/s1. The van der Waals surface area contributed by atoms with Crippen molar-refractivity contribution < 1.29 is 0 Å². The predicted octanol–water partition coefficient (Wildman–Crippen LogP) is 1.49. The first-order valence-corrected chi connectivity index (χ1v) is 7.44. The molecule has 1 aromatic carbocycles. The maximum Gasteiger partial charge on any atom is 0.0977 e. The van der Waals surface area contributed by atoms with Crippen LogP contribution in [0.4, 0.5) is 0 Å². The summed E-state index contributed by atoms with van der Waals surface area (Å²) in [6, 6.07) is 10.6. The molecule has 0 amide bonds. The first-order valence-electron chi connectivity index (χ1n) is 4.36. The van der Waals surface area contributed by atoms with Crippen molar-refractivity contribution in [1.82, 2.24) is 0 Å². The molecule has 0 unspecified atom stereocenters. The second kappa shape index (κ2) is 3.41. The summed E-state index contributed by atoms with van der Waals surface area (Å²) in [6.07, 6.45) is 0. The quantitative estimate of drug-likeness (QED) is 0.684. The van der Waals surface area contributed by atoms with E-state index in [1.54, 1.807) is 0 Å². The maximum atomic E-state index is 5.96. The van der Waals surface area contributed by atoms with Crippen molar-refractivity contribution in [2.24, 2.45) is 5.73 Å². The zero-order valence-electron chi connectivity index (χ0n) is 8.04. The van der Waals surface area contributed by atoms with Crippen LogP contribution in [0.3, 0.4) is 0 Å². The first kappa shape index (κ1) is 9.48. The Kier molecular flexibility index (Phi) is 2.70. The molecule has 1 rings (SSSR count). The molecule has 1 nitrogen and oxygen atoms in total. The fourth-order valence-corrected chi connectivity index (χ4v) is 2.71. The summed E-state index contributed by atoms with van der Waals surface area (Å²) in [6.45, 7) is 6.74. The Hall–Kier alpha value is -0.603. The molecule has 0 aliphatic heterocycles. The van der Waals surface area contributed by atoms with Gasteiger partial charge in [-0.15, -0.1) is 0 Å². The number of hydrogen-bond donors (Lipinski definition) is 1. The van der Waals surface area contributed by atoms with Crippen LogP contribution in [0.5, 0.6) is 0 Å². The Labute approximate surface area is 75.6 Å². The van der Waals surface area contributed by atoms with Crippen molar-refractivity contribution in [1.29, 1.82) is 0 Å². The van der Waals surface area contributed by atoms with Gasteiger partial charge in [0, 0.05) is 0 Å². The average molecular weight is 179 g/mol. The average Bonchev–Trinajstić information content (AvgIpc) is 2.06. The van der Waals surface area contributed by atoms with E-state index >= 15 is 0 Å². The van der Waals surface area contributed by atoms with Crippen molar-refractivity contribution >= 4 is 13.3 Å². The van der Waals surface area contributed by atoms with E-state index in [0.29, 0.717) is 5.67 Å². The lowest BCUT2D eigenvalue weighted by atomic mass is 10.4. The van der Waals surface area contributed by atoms with Crippen LogP contribution in [-0.4, -0.2) is 13.7 Å². The predicted molar refractivity (Wildman–Crippen MR) is 57.2 cm³/mol. The Morgan fingerprint density at radius 1 is 1.17 bits per heavy atom. The summed E-state index contributed by atoms with van der Waals surface area (Å²) < 4.78 is 0. The lowest BCUT2D eigenvalue weighted by Gasteiger charge is -2.26. The Bertz CT molecular complexity index is 241. The molecule has 0 heterocycles. The van der Waals surface area contributed by atoms with Crippen molar-refractivity contribution in [3.05, 3.63) is 30.3 Å². The van der Waals surface area contributed by atoms with Crippen molar-refractivity contribution in [3.8, 4) is 0 Å². The van der Waals surface area contributed by atoms with E-state index in [2.05, 4.69) is 50.3 Å². The van der Waals surface area contributed by atoms with Crippen LogP contribution in [0.1, 0.15) is 6.92 Å². The second-order valence-corrected chi connectivity index (χ2v) is 8.81. The van der Waals surface area contributed by atoms with Crippen LogP contribution < -0.4 is 10.9 Å². The van der Waals surface area contributed by atoms with Gasteiger partial charge < -0.3 is 5.73 Å². The highest BCUT2D eigenvalue weighted by Crippen LogP contribution is 2.06. The maximum absolute atomic E-state index is 5.96. The highest BCUT2D eigenvalue weighted by molar-refractivity contribution is 6.90. The summed E-state index contributed by atoms with van der Waals surface area (Å²) in [5, 5.41) is 1.44. The number of hydrogen-bond acceptors (Lipinski definition) is 1. The summed E-state index contributed by atoms with van der Waals surface area (Å²) in [5.41, 5.74) is 6.28. The molecule has 2 N–H and O–H groups in total. The monoisotopic (exact) mass is 179 g/mol. The third kappa shape index (κ3) is 1.76. The van der Waals surface area contributed by atoms with Crippen LogP contribution in [0.25, 0.3) is 0 Å². The zero-order valence-corrected chi connectivity index (χ0v) is 9.04. The summed E-state index contributed by atoms with van der Waals surface area (Å²) >= 11 is 0. The van der Waals surface area contributed by atoms with Crippen molar-refractivity contribution in [3.63, 3.8) is 0 Å². The van der Waals surface area contributed by atoms with Gasteiger partial charge >= 0.3 is 0 Å². The molecule has 0 spiro atoms. The van der Waals surface area contributed by atoms with Gasteiger partial charge in [0.1, 0.15) is 0 Å². The van der Waals surface area contributed by atoms with Crippen molar-refractivity contribution in [2.75, 3.05) is 0 Å². The molecule has 66 valence electrons. The van der Waals surface area contributed by atoms with Gasteiger partial charge in [0.15, 0.2) is 0 Å². The minimum Gasteiger partial charge on any atom is -0.330 e. The van der Waals surface area contributed by atoms with Gasteiger partial charge in [-0.25, -0.2) is 0 Å². The molecule has 0 aliphatic carbocycles. The molecule has 2 heteroatoms. The molecule has 0 saturated carbocycles. The van der Waals surface area contributed by atoms with E-state index in [4.69, 9.17) is 5.73 Å². The number of rotatable bonds is 2. The number of benzene rings is 1. The van der Waals surface area contributed by atoms with E-state index in [9.17, 15) is 0 Å². The first-order chi connectivity index (χ1) is 5.55. The van der Waals surface area contributed by atoms with Crippen LogP contribution >= 0.6 is 0 Å². The van der Waals surface area contributed by atoms with Crippen molar-refractivity contribution in [2.45, 2.75) is 25.7 Å². The molecule has 12 heavy (non-hydrogen) atoms. The minimum atomic E-state index is -1.38. The van der Waals surface area contributed by atoms with Gasteiger partial charge in [0.2, 0.25) is 0 Å². The lowest BCUT2D eigenvalue weighted by Crippen LogP contribution is -2.55. The fraction of sp³-hybridized carbons (Fsp3) is 0.400. The van der Waals surface area contributed by atoms with E-state index in [-0.39, 0.29) is 0 Å². The summed E-state index contributed by atoms with van der Waals surface area (Å²) in [5.74, 6) is 0. The van der Waals surface area contributed by atoms with E-state index in [1.165, 1.54) is 5.19 Å². The molecule has 1 atom stereocenters. The largest absolute Gasteiger partial charge is 0.330 e. The zero-order chi connectivity index (χ0) is 9.19. The third-order valence-corrected chi connectivity index (χ3v) is 6.75. The third-order valence-electron chi connectivity index (χ3n) is 2.66. The molecule has 0 saturated heterocycles. The molecule has 0 fully saturated rings. The van der Waals surface area contributed by atoms with E-state index in [1.807, 2.05) is 0 Å². The topological polar surface area (TPSA) is 26.0 Å². The summed E-state index contributed by atoms with van der Waals surface area (Å²) in [7, 11) is -1.38. The molecule has 0 aliphatic rings. The molecular formula is C10H17NSi. The summed E-state index contributed by atoms with van der Waals surface area (Å²) in [4.78, 5) is 0. The molecule has 1 aromatic rings. The van der Waals surface area contributed by atoms with Gasteiger partial charge in [-0.3, -0.25) is 0 Å². The van der Waals surface area contributed by atoms with Gasteiger partial charge in [-0.1, -0.05) is 55.5 Å². The normalized spacial score (nSPS) is 14.3. The Morgan fingerprint density at radius 3 is 2.08 bits per heavy atom. The molecule has 0 bridgehead atoms. The Balaban J connectivity index is 2.98. The van der Waals surface area contributed by atoms with Crippen LogP contribution in [0, 0.1) is 0 Å². The minimum absolute atomic E-state index is 0.319. The van der Waals surface area contributed by atoms with Crippen LogP contribution in [-0.2, 0) is 0 Å². The fourth-order valence-electron chi connectivity index (χ4n) is 1.13. The van der Waals surface area contributed by atoms with Crippen LogP contribution in [0.15, 0.2) is 30.3 Å². The van der Waals surface area contributed by atoms with E-state index < -0.39 is 8.07 Å². The molecular weight excluding hydrogens is 162 g/mol.